The van der Waals surface area contributed by atoms with E-state index in [2.05, 4.69) is 51.9 Å². The molecule has 0 fully saturated rings. The fourth-order valence-electron chi connectivity index (χ4n) is 2.18. The van der Waals surface area contributed by atoms with Crippen molar-refractivity contribution in [3.8, 4) is 6.07 Å². The number of hydrogen-bond acceptors (Lipinski definition) is 3. The molecule has 0 bridgehead atoms. The van der Waals surface area contributed by atoms with Crippen LogP contribution in [0.3, 0.4) is 0 Å². The van der Waals surface area contributed by atoms with Crippen LogP contribution in [0.1, 0.15) is 5.56 Å². The van der Waals surface area contributed by atoms with E-state index in [1.807, 2.05) is 24.3 Å². The first-order valence-corrected chi connectivity index (χ1v) is 16.0. The van der Waals surface area contributed by atoms with E-state index in [4.69, 9.17) is 13.5 Å². The van der Waals surface area contributed by atoms with E-state index in [1.54, 1.807) is 0 Å². The summed E-state index contributed by atoms with van der Waals surface area (Å²) >= 11 is 0. The van der Waals surface area contributed by atoms with Crippen molar-refractivity contribution in [2.24, 2.45) is 0 Å². The predicted molar refractivity (Wildman–Crippen MR) is 91.3 cm³/mol. The molecule has 0 saturated heterocycles. The lowest BCUT2D eigenvalue weighted by atomic mass is 10.2. The lowest BCUT2D eigenvalue weighted by Gasteiger charge is -2.38. The molecule has 3 nitrogen and oxygen atoms in total. The Morgan fingerprint density at radius 2 is 1.40 bits per heavy atom. The van der Waals surface area contributed by atoms with Crippen molar-refractivity contribution in [1.82, 2.24) is 0 Å². The molecule has 1 aromatic carbocycles. The Balaban J connectivity index is 3.25. The number of hydrogen-bond donors (Lipinski definition) is 0. The Hall–Kier alpha value is -0.719. The van der Waals surface area contributed by atoms with Crippen LogP contribution in [0, 0.1) is 11.3 Å². The maximum Gasteiger partial charge on any atom is 0.348 e. The van der Waals surface area contributed by atoms with Gasteiger partial charge in [0.1, 0.15) is 0 Å². The van der Waals surface area contributed by atoms with Crippen molar-refractivity contribution >= 4 is 30.4 Å². The minimum atomic E-state index is -2.47. The van der Waals surface area contributed by atoms with E-state index in [0.717, 1.165) is 5.19 Å². The van der Waals surface area contributed by atoms with Gasteiger partial charge in [0.05, 0.1) is 11.6 Å². The molecule has 0 atom stereocenters. The molecule has 0 amide bonds. The summed E-state index contributed by atoms with van der Waals surface area (Å²) in [7, 11) is -5.93. The third-order valence-electron chi connectivity index (χ3n) is 2.52. The van der Waals surface area contributed by atoms with Gasteiger partial charge in [-0.1, -0.05) is 12.1 Å². The molecule has 1 aromatic rings. The SMILES string of the molecule is C[Si](C)(C)O[Si](C)(O[Si](C)(C)C)c1cccc(C#N)c1. The summed E-state index contributed by atoms with van der Waals surface area (Å²) in [6.07, 6.45) is 0. The highest BCUT2D eigenvalue weighted by molar-refractivity contribution is 6.94. The Bertz CT molecular complexity index is 496. The zero-order chi connectivity index (χ0) is 15.6. The van der Waals surface area contributed by atoms with Crippen molar-refractivity contribution in [2.45, 2.75) is 45.8 Å². The molecule has 0 aliphatic heterocycles. The third-order valence-corrected chi connectivity index (χ3v) is 11.9. The molecular formula is C14H25NO2Si3. The molecule has 110 valence electrons. The first kappa shape index (κ1) is 17.3. The fraction of sp³-hybridized carbons (Fsp3) is 0.500. The van der Waals surface area contributed by atoms with E-state index < -0.39 is 25.2 Å². The van der Waals surface area contributed by atoms with E-state index in [0.29, 0.717) is 5.56 Å². The summed E-state index contributed by atoms with van der Waals surface area (Å²) in [5.41, 5.74) is 0.666. The van der Waals surface area contributed by atoms with Gasteiger partial charge in [0, 0.05) is 0 Å². The zero-order valence-corrected chi connectivity index (χ0v) is 16.6. The molecule has 0 aliphatic rings. The fourth-order valence-corrected chi connectivity index (χ4v) is 13.8. The van der Waals surface area contributed by atoms with Gasteiger partial charge in [0.2, 0.25) is 0 Å². The highest BCUT2D eigenvalue weighted by Gasteiger charge is 2.42. The van der Waals surface area contributed by atoms with Crippen molar-refractivity contribution in [3.63, 3.8) is 0 Å². The molecule has 0 N–H and O–H groups in total. The molecule has 0 aromatic heterocycles. The molecule has 20 heavy (non-hydrogen) atoms. The molecular weight excluding hydrogens is 298 g/mol. The summed E-state index contributed by atoms with van der Waals surface area (Å²) in [6.45, 7) is 15.2. The second-order valence-electron chi connectivity index (χ2n) is 7.07. The number of nitriles is 1. The van der Waals surface area contributed by atoms with Crippen LogP contribution in [-0.4, -0.2) is 25.2 Å². The van der Waals surface area contributed by atoms with Gasteiger partial charge in [0.25, 0.3) is 0 Å². The van der Waals surface area contributed by atoms with Crippen molar-refractivity contribution in [1.29, 1.82) is 5.26 Å². The molecule has 0 saturated carbocycles. The van der Waals surface area contributed by atoms with Crippen LogP contribution in [0.4, 0.5) is 0 Å². The van der Waals surface area contributed by atoms with Crippen molar-refractivity contribution in [3.05, 3.63) is 29.8 Å². The van der Waals surface area contributed by atoms with E-state index >= 15 is 0 Å². The minimum absolute atomic E-state index is 0.666. The van der Waals surface area contributed by atoms with Crippen LogP contribution < -0.4 is 5.19 Å². The lowest BCUT2D eigenvalue weighted by Crippen LogP contribution is -2.60. The van der Waals surface area contributed by atoms with Crippen LogP contribution >= 0.6 is 0 Å². The molecule has 6 heteroatoms. The largest absolute Gasteiger partial charge is 0.433 e. The maximum atomic E-state index is 9.09. The summed E-state index contributed by atoms with van der Waals surface area (Å²) in [6, 6.07) is 9.89. The number of nitrogens with zero attached hydrogens (tertiary/aromatic N) is 1. The average molecular weight is 324 g/mol. The minimum Gasteiger partial charge on any atom is -0.433 e. The number of rotatable bonds is 5. The van der Waals surface area contributed by atoms with Crippen LogP contribution in [0.25, 0.3) is 0 Å². The molecule has 0 spiro atoms. The smallest absolute Gasteiger partial charge is 0.348 e. The Morgan fingerprint density at radius 1 is 0.900 bits per heavy atom. The van der Waals surface area contributed by atoms with E-state index in [9.17, 15) is 0 Å². The molecule has 1 rings (SSSR count). The standard InChI is InChI=1S/C14H25NO2Si3/c1-18(2,3)16-20(7,17-19(4,5)6)14-10-8-9-13(11-14)12-15/h8-11H,1-7H3. The quantitative estimate of drug-likeness (QED) is 0.778. The van der Waals surface area contributed by atoms with E-state index in [1.165, 1.54) is 0 Å². The molecule has 0 unspecified atom stereocenters. The second-order valence-corrected chi connectivity index (χ2v) is 19.6. The third kappa shape index (κ3) is 5.34. The highest BCUT2D eigenvalue weighted by Crippen LogP contribution is 2.21. The highest BCUT2D eigenvalue weighted by atomic mass is 28.5. The normalized spacial score (nSPS) is 13.1. The summed E-state index contributed by atoms with van der Waals surface area (Å²) in [5, 5.41) is 10.2. The average Bonchev–Trinajstić information content (AvgIpc) is 2.24. The monoisotopic (exact) mass is 323 g/mol. The first-order valence-electron chi connectivity index (χ1n) is 6.86. The Kier molecular flexibility index (Phi) is 5.16. The van der Waals surface area contributed by atoms with Gasteiger partial charge >= 0.3 is 8.56 Å². The topological polar surface area (TPSA) is 42.2 Å². The number of benzene rings is 1. The van der Waals surface area contributed by atoms with Gasteiger partial charge in [-0.2, -0.15) is 5.26 Å². The second kappa shape index (κ2) is 5.95. The maximum absolute atomic E-state index is 9.09. The van der Waals surface area contributed by atoms with Crippen LogP contribution in [0.5, 0.6) is 0 Å². The zero-order valence-electron chi connectivity index (χ0n) is 13.6. The van der Waals surface area contributed by atoms with Gasteiger partial charge in [0.15, 0.2) is 16.6 Å². The molecule has 0 heterocycles. The van der Waals surface area contributed by atoms with Gasteiger partial charge in [-0.3, -0.25) is 0 Å². The van der Waals surface area contributed by atoms with Crippen LogP contribution in [0.2, 0.25) is 45.8 Å². The van der Waals surface area contributed by atoms with Gasteiger partial charge in [-0.05, 0) is 63.1 Å². The Morgan fingerprint density at radius 3 is 1.80 bits per heavy atom. The predicted octanol–water partition coefficient (Wildman–Crippen LogP) is 3.54. The first-order chi connectivity index (χ1) is 8.95. The van der Waals surface area contributed by atoms with Crippen LogP contribution in [0.15, 0.2) is 24.3 Å². The lowest BCUT2D eigenvalue weighted by molar-refractivity contribution is 0.404. The Labute approximate surface area is 126 Å². The summed E-state index contributed by atoms with van der Waals surface area (Å²) in [4.78, 5) is 0. The molecule has 0 aliphatic carbocycles. The summed E-state index contributed by atoms with van der Waals surface area (Å²) in [5.74, 6) is 0. The van der Waals surface area contributed by atoms with Gasteiger partial charge in [-0.25, -0.2) is 0 Å². The van der Waals surface area contributed by atoms with Crippen molar-refractivity contribution in [2.75, 3.05) is 0 Å². The van der Waals surface area contributed by atoms with Gasteiger partial charge in [-0.15, -0.1) is 0 Å². The van der Waals surface area contributed by atoms with Crippen molar-refractivity contribution < 1.29 is 8.23 Å². The van der Waals surface area contributed by atoms with E-state index in [-0.39, 0.29) is 0 Å². The summed E-state index contributed by atoms with van der Waals surface area (Å²) < 4.78 is 12.9. The molecule has 0 radical (unpaired) electrons. The van der Waals surface area contributed by atoms with Gasteiger partial charge < -0.3 is 8.23 Å². The van der Waals surface area contributed by atoms with Crippen LogP contribution in [-0.2, 0) is 8.23 Å².